The van der Waals surface area contributed by atoms with E-state index in [0.29, 0.717) is 5.06 Å². The molecule has 0 unspecified atom stereocenters. The molecule has 250 valence electrons. The molecule has 1 fully saturated rings. The Morgan fingerprint density at radius 1 is 0.681 bits per heavy atom. The van der Waals surface area contributed by atoms with E-state index in [9.17, 15) is 19.2 Å². The van der Waals surface area contributed by atoms with Crippen LogP contribution in [0.2, 0.25) is 0 Å². The Labute approximate surface area is 280 Å². The average Bonchev–Trinajstić information content (AvgIpc) is 3.41. The van der Waals surface area contributed by atoms with Crippen LogP contribution in [0.3, 0.4) is 0 Å². The Bertz CT molecular complexity index is 1420. The molecule has 1 N–H and O–H groups in total. The maximum atomic E-state index is 12.9. The van der Waals surface area contributed by atoms with Crippen LogP contribution in [0.1, 0.15) is 97.7 Å². The van der Waals surface area contributed by atoms with Gasteiger partial charge in [-0.25, -0.2) is 4.79 Å². The number of carbonyl (C=O) groups excluding carboxylic acids is 3. The van der Waals surface area contributed by atoms with Gasteiger partial charge in [0, 0.05) is 19.3 Å². The number of imide groups is 1. The molecule has 3 aromatic rings. The van der Waals surface area contributed by atoms with Crippen molar-refractivity contribution in [2.45, 2.75) is 75.4 Å². The molecule has 0 radical (unpaired) electrons. The number of aliphatic carboxylic acids is 1. The van der Waals surface area contributed by atoms with Gasteiger partial charge in [0.05, 0.1) is 24.5 Å². The molecule has 0 atom stereocenters. The number of carboxylic acids is 1. The molecule has 0 spiro atoms. The van der Waals surface area contributed by atoms with Crippen LogP contribution < -0.4 is 9.47 Å². The summed E-state index contributed by atoms with van der Waals surface area (Å²) in [5.41, 5.74) is 3.26. The predicted molar refractivity (Wildman–Crippen MR) is 180 cm³/mol. The Kier molecular flexibility index (Phi) is 13.3. The number of hydroxylamine groups is 2. The highest BCUT2D eigenvalue weighted by Crippen LogP contribution is 2.49. The molecular formula is C37H43NO8S. The summed E-state index contributed by atoms with van der Waals surface area (Å²) in [5.74, 6) is -0.179. The fourth-order valence-corrected chi connectivity index (χ4v) is 7.26. The van der Waals surface area contributed by atoms with Crippen molar-refractivity contribution >= 4 is 35.5 Å². The first-order chi connectivity index (χ1) is 22.8. The molecule has 1 heterocycles. The van der Waals surface area contributed by atoms with E-state index in [4.69, 9.17) is 19.4 Å². The van der Waals surface area contributed by atoms with Crippen LogP contribution in [0.15, 0.2) is 72.8 Å². The Morgan fingerprint density at radius 2 is 1.11 bits per heavy atom. The van der Waals surface area contributed by atoms with Gasteiger partial charge in [0.1, 0.15) is 11.5 Å². The van der Waals surface area contributed by atoms with Crippen molar-refractivity contribution in [2.24, 2.45) is 0 Å². The number of methoxy groups -OCH3 is 2. The lowest BCUT2D eigenvalue weighted by Crippen LogP contribution is -2.32. The van der Waals surface area contributed by atoms with E-state index in [1.807, 2.05) is 48.2 Å². The first-order valence-electron chi connectivity index (χ1n) is 16.1. The van der Waals surface area contributed by atoms with Crippen LogP contribution in [0.4, 0.5) is 0 Å². The van der Waals surface area contributed by atoms with Crippen molar-refractivity contribution in [2.75, 3.05) is 20.0 Å². The Balaban J connectivity index is 1.56. The number of thioether (sulfide) groups is 1. The number of carbonyl (C=O) groups is 4. The molecule has 0 bridgehead atoms. The second-order valence-corrected chi connectivity index (χ2v) is 12.8. The SMILES string of the molecule is COc1ccc(C(SCCCCCCCCCCC(=O)O)(c2ccc(OC)cc2)c2ccc(C(=O)ON3C(=O)CCC3=O)cc2)cc1. The van der Waals surface area contributed by atoms with Crippen molar-refractivity contribution in [3.05, 3.63) is 95.1 Å². The van der Waals surface area contributed by atoms with Crippen LogP contribution in [-0.2, 0) is 24.0 Å². The summed E-state index contributed by atoms with van der Waals surface area (Å²) in [7, 11) is 3.27. The van der Waals surface area contributed by atoms with Gasteiger partial charge in [-0.1, -0.05) is 74.9 Å². The van der Waals surface area contributed by atoms with E-state index in [-0.39, 0.29) is 24.8 Å². The molecule has 47 heavy (non-hydrogen) atoms. The van der Waals surface area contributed by atoms with E-state index in [1.165, 1.54) is 0 Å². The third kappa shape index (κ3) is 9.38. The summed E-state index contributed by atoms with van der Waals surface area (Å²) < 4.78 is 10.3. The van der Waals surface area contributed by atoms with Gasteiger partial charge in [0.15, 0.2) is 0 Å². The van der Waals surface area contributed by atoms with Gasteiger partial charge in [0.25, 0.3) is 11.8 Å². The largest absolute Gasteiger partial charge is 0.497 e. The van der Waals surface area contributed by atoms with Gasteiger partial charge in [-0.2, -0.15) is 0 Å². The second-order valence-electron chi connectivity index (χ2n) is 11.5. The smallest absolute Gasteiger partial charge is 0.363 e. The summed E-state index contributed by atoms with van der Waals surface area (Å²) in [6.07, 6.45) is 8.54. The number of nitrogens with zero attached hydrogens (tertiary/aromatic N) is 1. The summed E-state index contributed by atoms with van der Waals surface area (Å²) in [5, 5.41) is 9.36. The van der Waals surface area contributed by atoms with Crippen molar-refractivity contribution < 1.29 is 38.6 Å². The Hall–Kier alpha value is -4.31. The van der Waals surface area contributed by atoms with Gasteiger partial charge in [-0.05, 0) is 71.7 Å². The normalized spacial score (nSPS) is 13.1. The number of hydrogen-bond acceptors (Lipinski definition) is 8. The zero-order valence-corrected chi connectivity index (χ0v) is 27.9. The maximum Gasteiger partial charge on any atom is 0.363 e. The average molecular weight is 662 g/mol. The van der Waals surface area contributed by atoms with E-state index in [1.54, 1.807) is 26.4 Å². The molecule has 10 heteroatoms. The molecular weight excluding hydrogens is 618 g/mol. The molecule has 2 amide bonds. The summed E-state index contributed by atoms with van der Waals surface area (Å²) in [6.45, 7) is 0. The van der Waals surface area contributed by atoms with Crippen LogP contribution in [-0.4, -0.2) is 53.9 Å². The summed E-state index contributed by atoms with van der Waals surface area (Å²) >= 11 is 1.82. The van der Waals surface area contributed by atoms with Crippen LogP contribution in [0.25, 0.3) is 0 Å². The lowest BCUT2D eigenvalue weighted by Gasteiger charge is -2.36. The van der Waals surface area contributed by atoms with E-state index >= 15 is 0 Å². The molecule has 9 nitrogen and oxygen atoms in total. The molecule has 3 aromatic carbocycles. The topological polar surface area (TPSA) is 119 Å². The van der Waals surface area contributed by atoms with Crippen molar-refractivity contribution in [3.8, 4) is 11.5 Å². The zero-order valence-electron chi connectivity index (χ0n) is 27.1. The lowest BCUT2D eigenvalue weighted by molar-refractivity contribution is -0.172. The third-order valence-electron chi connectivity index (χ3n) is 8.30. The quantitative estimate of drug-likeness (QED) is 0.0789. The maximum absolute atomic E-state index is 12.9. The number of amides is 2. The number of carboxylic acid groups (broad SMARTS) is 1. The molecule has 1 saturated heterocycles. The number of benzene rings is 3. The van der Waals surface area contributed by atoms with E-state index in [2.05, 4.69) is 24.3 Å². The highest BCUT2D eigenvalue weighted by molar-refractivity contribution is 8.00. The van der Waals surface area contributed by atoms with Crippen LogP contribution in [0, 0.1) is 0 Å². The molecule has 1 aliphatic rings. The third-order valence-corrected chi connectivity index (χ3v) is 9.94. The molecule has 1 aliphatic heterocycles. The second kappa shape index (κ2) is 17.6. The first-order valence-corrected chi connectivity index (χ1v) is 17.1. The van der Waals surface area contributed by atoms with Gasteiger partial charge in [-0.3, -0.25) is 14.4 Å². The van der Waals surface area contributed by atoms with Crippen LogP contribution >= 0.6 is 11.8 Å². The number of ether oxygens (including phenoxy) is 2. The predicted octanol–water partition coefficient (Wildman–Crippen LogP) is 7.55. The van der Waals surface area contributed by atoms with Gasteiger partial charge >= 0.3 is 11.9 Å². The van der Waals surface area contributed by atoms with E-state index in [0.717, 1.165) is 85.3 Å². The van der Waals surface area contributed by atoms with Crippen molar-refractivity contribution in [3.63, 3.8) is 0 Å². The van der Waals surface area contributed by atoms with Gasteiger partial charge in [-0.15, -0.1) is 16.8 Å². The monoisotopic (exact) mass is 661 g/mol. The van der Waals surface area contributed by atoms with Gasteiger partial charge in [0.2, 0.25) is 0 Å². The highest BCUT2D eigenvalue weighted by Gasteiger charge is 2.38. The first kappa shape index (κ1) is 35.5. The highest BCUT2D eigenvalue weighted by atomic mass is 32.2. The van der Waals surface area contributed by atoms with Crippen molar-refractivity contribution in [1.82, 2.24) is 5.06 Å². The molecule has 0 saturated carbocycles. The van der Waals surface area contributed by atoms with Crippen LogP contribution in [0.5, 0.6) is 11.5 Å². The molecule has 0 aliphatic carbocycles. The number of hydrogen-bond donors (Lipinski definition) is 1. The van der Waals surface area contributed by atoms with E-state index < -0.39 is 28.5 Å². The van der Waals surface area contributed by atoms with Gasteiger partial charge < -0.3 is 19.4 Å². The lowest BCUT2D eigenvalue weighted by atomic mass is 9.83. The summed E-state index contributed by atoms with van der Waals surface area (Å²) in [4.78, 5) is 52.7. The minimum absolute atomic E-state index is 0.0309. The number of rotatable bonds is 19. The zero-order chi connectivity index (χ0) is 33.6. The molecule has 4 rings (SSSR count). The van der Waals surface area contributed by atoms with Crippen molar-refractivity contribution in [1.29, 1.82) is 0 Å². The standard InChI is InChI=1S/C37H43NO8S/c1-44-31-20-16-29(17-21-31)37(30-18-22-32(45-2)23-19-30,47-26-10-8-6-4-3-5-7-9-11-35(41)42)28-14-12-27(13-15-28)36(43)46-38-33(39)24-25-34(38)40/h12-23H,3-11,24-26H2,1-2H3,(H,41,42). The number of unbranched alkanes of at least 4 members (excludes halogenated alkanes) is 7. The minimum Gasteiger partial charge on any atom is -0.497 e. The summed E-state index contributed by atoms with van der Waals surface area (Å²) in [6, 6.07) is 23.2. The fraction of sp³-hybridized carbons (Fsp3) is 0.405. The fourth-order valence-electron chi connectivity index (χ4n) is 5.70. The Morgan fingerprint density at radius 3 is 1.55 bits per heavy atom. The molecule has 0 aromatic heterocycles. The minimum atomic E-state index is -0.769.